The minimum Gasteiger partial charge on any atom is -0.394 e. The molecule has 0 aliphatic heterocycles. The molecule has 3 heteroatoms. The average molecular weight is 150 g/mol. The van der Waals surface area contributed by atoms with Crippen LogP contribution >= 0.6 is 11.8 Å². The summed E-state index contributed by atoms with van der Waals surface area (Å²) in [7, 11) is 0. The minimum atomic E-state index is -0.544. The minimum absolute atomic E-state index is 0.123. The molecule has 0 aromatic rings. The fourth-order valence-electron chi connectivity index (χ4n) is 0.554. The highest BCUT2D eigenvalue weighted by molar-refractivity contribution is 7.98. The zero-order chi connectivity index (χ0) is 7.28. The molecule has 2 nitrogen and oxygen atoms in total. The molecule has 2 atom stereocenters. The Morgan fingerprint density at radius 1 is 1.56 bits per heavy atom. The lowest BCUT2D eigenvalue weighted by Crippen LogP contribution is -2.23. The van der Waals surface area contributed by atoms with Crippen LogP contribution in [-0.4, -0.2) is 34.9 Å². The van der Waals surface area contributed by atoms with Crippen LogP contribution < -0.4 is 0 Å². The van der Waals surface area contributed by atoms with Crippen molar-refractivity contribution in [2.24, 2.45) is 5.92 Å². The van der Waals surface area contributed by atoms with Gasteiger partial charge in [0.15, 0.2) is 0 Å². The zero-order valence-corrected chi connectivity index (χ0v) is 6.69. The van der Waals surface area contributed by atoms with E-state index in [2.05, 4.69) is 0 Å². The van der Waals surface area contributed by atoms with Gasteiger partial charge >= 0.3 is 0 Å². The van der Waals surface area contributed by atoms with Gasteiger partial charge in [0, 0.05) is 0 Å². The number of thioether (sulfide) groups is 1. The Hall–Kier alpha value is 0.270. The van der Waals surface area contributed by atoms with E-state index in [4.69, 9.17) is 10.2 Å². The van der Waals surface area contributed by atoms with Crippen molar-refractivity contribution in [1.82, 2.24) is 0 Å². The van der Waals surface area contributed by atoms with Gasteiger partial charge in [0.2, 0.25) is 0 Å². The normalized spacial score (nSPS) is 17.3. The lowest BCUT2D eigenvalue weighted by atomic mass is 10.1. The number of hydrogen-bond donors (Lipinski definition) is 2. The van der Waals surface area contributed by atoms with Crippen LogP contribution in [0, 0.1) is 5.92 Å². The fraction of sp³-hybridized carbons (Fsp3) is 1.00. The SMILES string of the molecule is CSC[C@@H](C)[C@@H](O)CO. The van der Waals surface area contributed by atoms with Crippen molar-refractivity contribution >= 4 is 11.8 Å². The van der Waals surface area contributed by atoms with Crippen molar-refractivity contribution in [2.45, 2.75) is 13.0 Å². The molecular weight excluding hydrogens is 136 g/mol. The van der Waals surface area contributed by atoms with Gasteiger partial charge in [-0.1, -0.05) is 6.92 Å². The van der Waals surface area contributed by atoms with Gasteiger partial charge in [0.25, 0.3) is 0 Å². The van der Waals surface area contributed by atoms with Crippen LogP contribution in [0.15, 0.2) is 0 Å². The largest absolute Gasteiger partial charge is 0.394 e. The van der Waals surface area contributed by atoms with Crippen LogP contribution in [-0.2, 0) is 0 Å². The zero-order valence-electron chi connectivity index (χ0n) is 5.87. The van der Waals surface area contributed by atoms with Gasteiger partial charge in [0.05, 0.1) is 12.7 Å². The average Bonchev–Trinajstić information content (AvgIpc) is 1.87. The van der Waals surface area contributed by atoms with E-state index in [-0.39, 0.29) is 12.5 Å². The third-order valence-electron chi connectivity index (χ3n) is 1.27. The van der Waals surface area contributed by atoms with Crippen molar-refractivity contribution in [3.8, 4) is 0 Å². The van der Waals surface area contributed by atoms with Gasteiger partial charge < -0.3 is 10.2 Å². The lowest BCUT2D eigenvalue weighted by Gasteiger charge is -2.14. The van der Waals surface area contributed by atoms with Gasteiger partial charge in [-0.25, -0.2) is 0 Å². The fourth-order valence-corrected chi connectivity index (χ4v) is 1.30. The first-order chi connectivity index (χ1) is 4.22. The summed E-state index contributed by atoms with van der Waals surface area (Å²) in [5, 5.41) is 17.5. The molecule has 0 fully saturated rings. The standard InChI is InChI=1S/C6H14O2S/c1-5(4-9-2)6(8)3-7/h5-8H,3-4H2,1-2H3/t5-,6+/m1/s1. The van der Waals surface area contributed by atoms with Gasteiger partial charge in [-0.2, -0.15) is 11.8 Å². The topological polar surface area (TPSA) is 40.5 Å². The van der Waals surface area contributed by atoms with E-state index in [1.807, 2.05) is 13.2 Å². The highest BCUT2D eigenvalue weighted by Gasteiger charge is 2.10. The molecule has 56 valence electrons. The first-order valence-electron chi connectivity index (χ1n) is 3.00. The molecule has 0 aromatic heterocycles. The second kappa shape index (κ2) is 5.09. The summed E-state index contributed by atoms with van der Waals surface area (Å²) in [5.41, 5.74) is 0. The second-order valence-electron chi connectivity index (χ2n) is 2.18. The highest BCUT2D eigenvalue weighted by Crippen LogP contribution is 2.08. The summed E-state index contributed by atoms with van der Waals surface area (Å²) in [5.74, 6) is 1.10. The quantitative estimate of drug-likeness (QED) is 0.607. The summed E-state index contributed by atoms with van der Waals surface area (Å²) in [4.78, 5) is 0. The molecule has 0 aliphatic rings. The smallest absolute Gasteiger partial charge is 0.0804 e. The number of aliphatic hydroxyl groups excluding tert-OH is 2. The van der Waals surface area contributed by atoms with E-state index in [0.717, 1.165) is 5.75 Å². The maximum Gasteiger partial charge on any atom is 0.0804 e. The molecular formula is C6H14O2S. The number of hydrogen-bond acceptors (Lipinski definition) is 3. The van der Waals surface area contributed by atoms with Gasteiger partial charge in [-0.15, -0.1) is 0 Å². The van der Waals surface area contributed by atoms with Crippen LogP contribution in [0.25, 0.3) is 0 Å². The lowest BCUT2D eigenvalue weighted by molar-refractivity contribution is 0.0612. The molecule has 0 spiro atoms. The van der Waals surface area contributed by atoms with E-state index in [9.17, 15) is 0 Å². The van der Waals surface area contributed by atoms with Crippen molar-refractivity contribution in [1.29, 1.82) is 0 Å². The molecule has 0 saturated carbocycles. The molecule has 0 aromatic carbocycles. The van der Waals surface area contributed by atoms with E-state index in [0.29, 0.717) is 0 Å². The van der Waals surface area contributed by atoms with Crippen molar-refractivity contribution < 1.29 is 10.2 Å². The summed E-state index contributed by atoms with van der Waals surface area (Å²) in [6.07, 6.45) is 1.44. The molecule has 9 heavy (non-hydrogen) atoms. The molecule has 0 heterocycles. The molecule has 0 unspecified atom stereocenters. The van der Waals surface area contributed by atoms with Crippen molar-refractivity contribution in [2.75, 3.05) is 18.6 Å². The van der Waals surface area contributed by atoms with Crippen LogP contribution in [0.2, 0.25) is 0 Å². The van der Waals surface area contributed by atoms with Gasteiger partial charge in [-0.05, 0) is 17.9 Å². The van der Waals surface area contributed by atoms with Crippen LogP contribution in [0.1, 0.15) is 6.92 Å². The molecule has 2 N–H and O–H groups in total. The molecule has 0 amide bonds. The summed E-state index contributed by atoms with van der Waals surface area (Å²) < 4.78 is 0. The van der Waals surface area contributed by atoms with E-state index >= 15 is 0 Å². The maximum atomic E-state index is 8.99. The monoisotopic (exact) mass is 150 g/mol. The van der Waals surface area contributed by atoms with Crippen LogP contribution in [0.4, 0.5) is 0 Å². The van der Waals surface area contributed by atoms with Crippen LogP contribution in [0.5, 0.6) is 0 Å². The maximum absolute atomic E-state index is 8.99. The van der Waals surface area contributed by atoms with E-state index < -0.39 is 6.10 Å². The predicted octanol–water partition coefficient (Wildman–Crippen LogP) is 0.339. The summed E-state index contributed by atoms with van der Waals surface area (Å²) in [6, 6.07) is 0. The highest BCUT2D eigenvalue weighted by atomic mass is 32.2. The third kappa shape index (κ3) is 3.78. The summed E-state index contributed by atoms with van der Waals surface area (Å²) in [6.45, 7) is 1.80. The van der Waals surface area contributed by atoms with E-state index in [1.54, 1.807) is 11.8 Å². The Balaban J connectivity index is 3.32. The Morgan fingerprint density at radius 2 is 2.11 bits per heavy atom. The van der Waals surface area contributed by atoms with E-state index in [1.165, 1.54) is 0 Å². The predicted molar refractivity (Wildman–Crippen MR) is 40.6 cm³/mol. The Labute approximate surface area is 60.3 Å². The molecule has 0 saturated heterocycles. The Bertz CT molecular complexity index is 68.1. The third-order valence-corrected chi connectivity index (χ3v) is 2.13. The van der Waals surface area contributed by atoms with Crippen molar-refractivity contribution in [3.05, 3.63) is 0 Å². The first kappa shape index (κ1) is 9.27. The molecule has 0 radical (unpaired) electrons. The molecule has 0 bridgehead atoms. The molecule has 0 rings (SSSR count). The molecule has 0 aliphatic carbocycles. The van der Waals surface area contributed by atoms with Gasteiger partial charge in [-0.3, -0.25) is 0 Å². The Morgan fingerprint density at radius 3 is 2.44 bits per heavy atom. The number of aliphatic hydroxyl groups is 2. The second-order valence-corrected chi connectivity index (χ2v) is 3.09. The number of rotatable bonds is 4. The summed E-state index contributed by atoms with van der Waals surface area (Å²) >= 11 is 1.68. The van der Waals surface area contributed by atoms with Crippen LogP contribution in [0.3, 0.4) is 0 Å². The Kier molecular flexibility index (Phi) is 5.24. The van der Waals surface area contributed by atoms with Gasteiger partial charge in [0.1, 0.15) is 0 Å². The van der Waals surface area contributed by atoms with Crippen molar-refractivity contribution in [3.63, 3.8) is 0 Å². The first-order valence-corrected chi connectivity index (χ1v) is 4.39.